The summed E-state index contributed by atoms with van der Waals surface area (Å²) in [5, 5.41) is 20.2. The summed E-state index contributed by atoms with van der Waals surface area (Å²) in [6, 6.07) is -1.05. The summed E-state index contributed by atoms with van der Waals surface area (Å²) in [5.74, 6) is -0.934. The second-order valence-corrected chi connectivity index (χ2v) is 9.85. The molecule has 1 fully saturated rings. The van der Waals surface area contributed by atoms with Gasteiger partial charge in [0.15, 0.2) is 0 Å². The molecule has 26 heavy (non-hydrogen) atoms. The highest BCUT2D eigenvalue weighted by atomic mass is 16.3. The maximum atomic E-state index is 13.8. The van der Waals surface area contributed by atoms with E-state index in [4.69, 9.17) is 5.73 Å². The number of nitrogens with zero attached hydrogens (tertiary/aromatic N) is 1. The van der Waals surface area contributed by atoms with Crippen LogP contribution < -0.4 is 5.73 Å². The van der Waals surface area contributed by atoms with Gasteiger partial charge in [-0.1, -0.05) is 60.8 Å². The maximum absolute atomic E-state index is 13.8. The molecule has 6 heteroatoms. The van der Waals surface area contributed by atoms with Gasteiger partial charge in [0, 0.05) is 0 Å². The Morgan fingerprint density at radius 2 is 1.31 bits per heavy atom. The number of hydrogen-bond acceptors (Lipinski definition) is 4. The van der Waals surface area contributed by atoms with Gasteiger partial charge < -0.3 is 20.8 Å². The van der Waals surface area contributed by atoms with Crippen LogP contribution in [0.1, 0.15) is 73.6 Å². The summed E-state index contributed by atoms with van der Waals surface area (Å²) in [6.45, 7) is 11.2. The molecule has 0 spiro atoms. The zero-order valence-electron chi connectivity index (χ0n) is 17.3. The minimum Gasteiger partial charge on any atom is -0.394 e. The Morgan fingerprint density at radius 3 is 1.58 bits per heavy atom. The molecule has 0 aromatic heterocycles. The first-order valence-corrected chi connectivity index (χ1v) is 9.67. The van der Waals surface area contributed by atoms with E-state index in [1.807, 2.05) is 41.5 Å². The topological polar surface area (TPSA) is 104 Å². The van der Waals surface area contributed by atoms with Gasteiger partial charge in [-0.05, 0) is 23.7 Å². The Hall–Kier alpha value is -1.14. The molecular formula is C20H38N2O4. The van der Waals surface area contributed by atoms with Gasteiger partial charge in [-0.3, -0.25) is 9.59 Å². The molecular weight excluding hydrogens is 332 g/mol. The molecule has 0 aromatic rings. The predicted octanol–water partition coefficient (Wildman–Crippen LogP) is 2.06. The molecule has 2 unspecified atom stereocenters. The molecule has 4 N–H and O–H groups in total. The van der Waals surface area contributed by atoms with Crippen molar-refractivity contribution in [1.82, 2.24) is 4.90 Å². The number of amides is 2. The Bertz CT molecular complexity index is 477. The summed E-state index contributed by atoms with van der Waals surface area (Å²) in [4.78, 5) is 27.7. The molecule has 1 aliphatic carbocycles. The van der Waals surface area contributed by atoms with E-state index >= 15 is 0 Å². The van der Waals surface area contributed by atoms with Crippen molar-refractivity contribution in [2.45, 2.75) is 85.7 Å². The van der Waals surface area contributed by atoms with Gasteiger partial charge in [-0.2, -0.15) is 0 Å². The van der Waals surface area contributed by atoms with Crippen molar-refractivity contribution in [2.75, 3.05) is 13.2 Å². The average Bonchev–Trinajstić information content (AvgIpc) is 2.52. The third-order valence-corrected chi connectivity index (χ3v) is 5.84. The van der Waals surface area contributed by atoms with E-state index in [-0.39, 0.29) is 19.1 Å². The first-order chi connectivity index (χ1) is 11.8. The second kappa shape index (κ2) is 8.26. The number of aliphatic hydroxyl groups is 2. The first kappa shape index (κ1) is 22.9. The number of carbonyl (C=O) groups excluding carboxylic acids is 2. The summed E-state index contributed by atoms with van der Waals surface area (Å²) >= 11 is 0. The van der Waals surface area contributed by atoms with Crippen LogP contribution in [0.15, 0.2) is 0 Å². The van der Waals surface area contributed by atoms with Gasteiger partial charge in [-0.15, -0.1) is 0 Å². The van der Waals surface area contributed by atoms with Crippen LogP contribution >= 0.6 is 0 Å². The molecule has 152 valence electrons. The number of carbonyl (C=O) groups is 2. The second-order valence-electron chi connectivity index (χ2n) is 9.85. The lowest BCUT2D eigenvalue weighted by Gasteiger charge is -2.50. The summed E-state index contributed by atoms with van der Waals surface area (Å²) < 4.78 is 0. The number of rotatable bonds is 6. The molecule has 0 saturated heterocycles. The zero-order valence-corrected chi connectivity index (χ0v) is 17.3. The Kier molecular flexibility index (Phi) is 7.27. The van der Waals surface area contributed by atoms with Crippen LogP contribution in [-0.4, -0.2) is 52.2 Å². The van der Waals surface area contributed by atoms with Crippen molar-refractivity contribution < 1.29 is 19.8 Å². The van der Waals surface area contributed by atoms with Crippen molar-refractivity contribution >= 4 is 11.8 Å². The summed E-state index contributed by atoms with van der Waals surface area (Å²) in [6.07, 6.45) is 3.40. The molecule has 1 saturated carbocycles. The minimum absolute atomic E-state index is 0.239. The van der Waals surface area contributed by atoms with Gasteiger partial charge >= 0.3 is 0 Å². The third kappa shape index (κ3) is 4.58. The number of aliphatic hydroxyl groups excluding tert-OH is 2. The molecule has 1 aliphatic rings. The largest absolute Gasteiger partial charge is 0.394 e. The van der Waals surface area contributed by atoms with Crippen LogP contribution in [0, 0.1) is 16.2 Å². The quantitative estimate of drug-likeness (QED) is 0.623. The lowest BCUT2D eigenvalue weighted by atomic mass is 9.70. The highest BCUT2D eigenvalue weighted by Crippen LogP contribution is 2.42. The highest BCUT2D eigenvalue weighted by molar-refractivity contribution is 6.04. The van der Waals surface area contributed by atoms with Crippen molar-refractivity contribution in [3.63, 3.8) is 0 Å². The van der Waals surface area contributed by atoms with Crippen molar-refractivity contribution in [2.24, 2.45) is 22.0 Å². The lowest BCUT2D eigenvalue weighted by molar-refractivity contribution is -0.164. The van der Waals surface area contributed by atoms with Gasteiger partial charge in [0.05, 0.1) is 25.3 Å². The zero-order chi connectivity index (χ0) is 20.3. The number of hydrogen-bond donors (Lipinski definition) is 3. The minimum atomic E-state index is -1.24. The van der Waals surface area contributed by atoms with Gasteiger partial charge in [0.25, 0.3) is 0 Å². The fourth-order valence-electron chi connectivity index (χ4n) is 4.03. The number of nitrogens with two attached hydrogens (primary N) is 1. The molecule has 0 aromatic carbocycles. The highest BCUT2D eigenvalue weighted by Gasteiger charge is 2.52. The van der Waals surface area contributed by atoms with Gasteiger partial charge in [0.2, 0.25) is 11.8 Å². The molecule has 2 amide bonds. The smallest absolute Gasteiger partial charge is 0.238 e. The SMILES string of the molecule is CC(C)(C)C(CO)N(C(=O)C1(C(N)=O)CCCCC1)C(CO)C(C)(C)C. The van der Waals surface area contributed by atoms with Gasteiger partial charge in [-0.25, -0.2) is 0 Å². The molecule has 0 bridgehead atoms. The van der Waals surface area contributed by atoms with Crippen LogP contribution in [0.3, 0.4) is 0 Å². The van der Waals surface area contributed by atoms with E-state index in [0.29, 0.717) is 12.8 Å². The standard InChI is InChI=1S/C20H38N2O4/c1-18(2,3)14(12-23)22(15(13-24)19(4,5)6)17(26)20(16(21)25)10-8-7-9-11-20/h14-15,23-24H,7-13H2,1-6H3,(H2,21,25). The maximum Gasteiger partial charge on any atom is 0.238 e. The van der Waals surface area contributed by atoms with E-state index in [9.17, 15) is 19.8 Å². The first-order valence-electron chi connectivity index (χ1n) is 9.67. The molecule has 0 aliphatic heterocycles. The number of primary amides is 1. The van der Waals surface area contributed by atoms with Crippen LogP contribution in [-0.2, 0) is 9.59 Å². The van der Waals surface area contributed by atoms with E-state index in [1.165, 1.54) is 0 Å². The Morgan fingerprint density at radius 1 is 0.923 bits per heavy atom. The summed E-state index contributed by atoms with van der Waals surface area (Å²) in [7, 11) is 0. The fourth-order valence-corrected chi connectivity index (χ4v) is 4.03. The van der Waals surface area contributed by atoms with E-state index in [1.54, 1.807) is 4.90 Å². The normalized spacial score (nSPS) is 20.3. The monoisotopic (exact) mass is 370 g/mol. The van der Waals surface area contributed by atoms with Crippen molar-refractivity contribution in [1.29, 1.82) is 0 Å². The molecule has 1 rings (SSSR count). The fraction of sp³-hybridized carbons (Fsp3) is 0.900. The Balaban J connectivity index is 3.51. The molecule has 0 heterocycles. The van der Waals surface area contributed by atoms with Crippen molar-refractivity contribution in [3.8, 4) is 0 Å². The van der Waals surface area contributed by atoms with E-state index in [0.717, 1.165) is 19.3 Å². The summed E-state index contributed by atoms with van der Waals surface area (Å²) in [5.41, 5.74) is 3.65. The predicted molar refractivity (Wildman–Crippen MR) is 102 cm³/mol. The Labute approximate surface area is 158 Å². The lowest BCUT2D eigenvalue weighted by Crippen LogP contribution is -2.64. The molecule has 6 nitrogen and oxygen atoms in total. The average molecular weight is 371 g/mol. The van der Waals surface area contributed by atoms with Crippen LogP contribution in [0.5, 0.6) is 0 Å². The van der Waals surface area contributed by atoms with Crippen LogP contribution in [0.4, 0.5) is 0 Å². The van der Waals surface area contributed by atoms with Crippen molar-refractivity contribution in [3.05, 3.63) is 0 Å². The van der Waals surface area contributed by atoms with E-state index in [2.05, 4.69) is 0 Å². The van der Waals surface area contributed by atoms with Crippen LogP contribution in [0.25, 0.3) is 0 Å². The molecule has 0 radical (unpaired) electrons. The third-order valence-electron chi connectivity index (χ3n) is 5.84. The van der Waals surface area contributed by atoms with Crippen LogP contribution in [0.2, 0.25) is 0 Å². The van der Waals surface area contributed by atoms with Gasteiger partial charge in [0.1, 0.15) is 5.41 Å². The molecule has 2 atom stereocenters. The van der Waals surface area contributed by atoms with E-state index < -0.39 is 34.2 Å².